The van der Waals surface area contributed by atoms with Crippen LogP contribution >= 0.6 is 0 Å². The van der Waals surface area contributed by atoms with E-state index in [1.54, 1.807) is 0 Å². The van der Waals surface area contributed by atoms with Crippen molar-refractivity contribution in [3.05, 3.63) is 30.5 Å². The maximum atomic E-state index is 10.2. The highest BCUT2D eigenvalue weighted by Gasteiger charge is 2.15. The zero-order valence-electron chi connectivity index (χ0n) is 13.2. The SMILES string of the molecule is CCC(CC)N(C)CC(O)COc1cccc2[nH]ccc12. The third-order valence-corrected chi connectivity index (χ3v) is 4.05. The third kappa shape index (κ3) is 3.99. The molecule has 4 heteroatoms. The third-order valence-electron chi connectivity index (χ3n) is 4.05. The molecule has 1 aromatic heterocycles. The van der Waals surface area contributed by atoms with Gasteiger partial charge in [0, 0.05) is 29.7 Å². The van der Waals surface area contributed by atoms with Crippen LogP contribution in [0.1, 0.15) is 26.7 Å². The topological polar surface area (TPSA) is 48.5 Å². The molecule has 2 rings (SSSR count). The molecule has 4 nitrogen and oxygen atoms in total. The Morgan fingerprint density at radius 3 is 2.71 bits per heavy atom. The van der Waals surface area contributed by atoms with Crippen LogP contribution in [0.2, 0.25) is 0 Å². The van der Waals surface area contributed by atoms with Crippen LogP contribution in [0, 0.1) is 0 Å². The molecule has 1 unspecified atom stereocenters. The van der Waals surface area contributed by atoms with Crippen LogP contribution in [-0.4, -0.2) is 47.3 Å². The van der Waals surface area contributed by atoms with Crippen LogP contribution in [0.25, 0.3) is 10.9 Å². The largest absolute Gasteiger partial charge is 0.490 e. The Balaban J connectivity index is 1.89. The Hall–Kier alpha value is -1.52. The molecule has 0 aliphatic rings. The van der Waals surface area contributed by atoms with Gasteiger partial charge in [0.05, 0.1) is 0 Å². The Kier molecular flexibility index (Phi) is 5.65. The molecule has 0 saturated carbocycles. The van der Waals surface area contributed by atoms with E-state index in [0.717, 1.165) is 29.5 Å². The molecular formula is C17H26N2O2. The summed E-state index contributed by atoms with van der Waals surface area (Å²) in [6, 6.07) is 8.42. The van der Waals surface area contributed by atoms with Crippen LogP contribution in [0.15, 0.2) is 30.5 Å². The Bertz CT molecular complexity index is 548. The second-order valence-corrected chi connectivity index (χ2v) is 5.57. The molecule has 1 heterocycles. The van der Waals surface area contributed by atoms with E-state index >= 15 is 0 Å². The molecular weight excluding hydrogens is 264 g/mol. The lowest BCUT2D eigenvalue weighted by atomic mass is 10.1. The minimum atomic E-state index is -0.482. The van der Waals surface area contributed by atoms with Crippen LogP contribution in [0.4, 0.5) is 0 Å². The smallest absolute Gasteiger partial charge is 0.128 e. The summed E-state index contributed by atoms with van der Waals surface area (Å²) in [7, 11) is 2.06. The fraction of sp³-hybridized carbons (Fsp3) is 0.529. The number of hydrogen-bond acceptors (Lipinski definition) is 3. The second-order valence-electron chi connectivity index (χ2n) is 5.57. The van der Waals surface area contributed by atoms with E-state index in [1.165, 1.54) is 0 Å². The van der Waals surface area contributed by atoms with Gasteiger partial charge >= 0.3 is 0 Å². The number of hydrogen-bond donors (Lipinski definition) is 2. The maximum absolute atomic E-state index is 10.2. The van der Waals surface area contributed by atoms with Crippen LogP contribution in [0.3, 0.4) is 0 Å². The highest BCUT2D eigenvalue weighted by molar-refractivity contribution is 5.85. The summed E-state index contributed by atoms with van der Waals surface area (Å²) in [5.74, 6) is 0.818. The average molecular weight is 290 g/mol. The van der Waals surface area contributed by atoms with Gasteiger partial charge in [-0.2, -0.15) is 0 Å². The Morgan fingerprint density at radius 1 is 1.24 bits per heavy atom. The summed E-state index contributed by atoms with van der Waals surface area (Å²) in [6.45, 7) is 5.31. The minimum Gasteiger partial charge on any atom is -0.490 e. The summed E-state index contributed by atoms with van der Waals surface area (Å²) in [5, 5.41) is 11.2. The number of aromatic amines is 1. The Labute approximate surface area is 126 Å². The highest BCUT2D eigenvalue weighted by atomic mass is 16.5. The molecule has 0 radical (unpaired) electrons. The van der Waals surface area contributed by atoms with Crippen LogP contribution in [-0.2, 0) is 0 Å². The predicted molar refractivity (Wildman–Crippen MR) is 86.8 cm³/mol. The van der Waals surface area contributed by atoms with E-state index in [0.29, 0.717) is 19.2 Å². The zero-order valence-corrected chi connectivity index (χ0v) is 13.2. The number of ether oxygens (including phenoxy) is 1. The summed E-state index contributed by atoms with van der Waals surface area (Å²) in [4.78, 5) is 5.37. The summed E-state index contributed by atoms with van der Waals surface area (Å²) >= 11 is 0. The molecule has 1 atom stereocenters. The van der Waals surface area contributed by atoms with Crippen molar-refractivity contribution in [1.82, 2.24) is 9.88 Å². The molecule has 0 saturated heterocycles. The molecule has 1 aromatic carbocycles. The molecule has 21 heavy (non-hydrogen) atoms. The van der Waals surface area contributed by atoms with Crippen molar-refractivity contribution in [3.63, 3.8) is 0 Å². The van der Waals surface area contributed by atoms with Crippen molar-refractivity contribution in [2.45, 2.75) is 38.8 Å². The van der Waals surface area contributed by atoms with E-state index in [1.807, 2.05) is 30.5 Å². The zero-order chi connectivity index (χ0) is 15.2. The molecule has 0 amide bonds. The second kappa shape index (κ2) is 7.48. The molecule has 0 aliphatic carbocycles. The first-order valence-electron chi connectivity index (χ1n) is 7.72. The molecule has 116 valence electrons. The first-order valence-corrected chi connectivity index (χ1v) is 7.72. The number of fused-ring (bicyclic) bond motifs is 1. The Morgan fingerprint density at radius 2 is 2.00 bits per heavy atom. The van der Waals surface area contributed by atoms with Gasteiger partial charge in [-0.1, -0.05) is 19.9 Å². The van der Waals surface area contributed by atoms with Gasteiger partial charge in [0.2, 0.25) is 0 Å². The van der Waals surface area contributed by atoms with Crippen molar-refractivity contribution < 1.29 is 9.84 Å². The lowest BCUT2D eigenvalue weighted by Crippen LogP contribution is -2.39. The van der Waals surface area contributed by atoms with E-state index in [4.69, 9.17) is 4.74 Å². The molecule has 0 spiro atoms. The molecule has 0 aliphatic heterocycles. The quantitative estimate of drug-likeness (QED) is 0.785. The molecule has 0 bridgehead atoms. The van der Waals surface area contributed by atoms with Gasteiger partial charge in [0.25, 0.3) is 0 Å². The minimum absolute atomic E-state index is 0.314. The van der Waals surface area contributed by atoms with Gasteiger partial charge in [0.15, 0.2) is 0 Å². The van der Waals surface area contributed by atoms with Gasteiger partial charge in [-0.05, 0) is 38.1 Å². The fourth-order valence-corrected chi connectivity index (χ4v) is 2.81. The standard InChI is InChI=1S/C17H26N2O2/c1-4-13(5-2)19(3)11-14(20)12-21-17-8-6-7-16-15(17)9-10-18-16/h6-10,13-14,18,20H,4-5,11-12H2,1-3H3. The summed E-state index contributed by atoms with van der Waals surface area (Å²) in [6.07, 6.45) is 3.62. The van der Waals surface area contributed by atoms with E-state index < -0.39 is 6.10 Å². The van der Waals surface area contributed by atoms with Crippen molar-refractivity contribution >= 4 is 10.9 Å². The lowest BCUT2D eigenvalue weighted by Gasteiger charge is -2.28. The van der Waals surface area contributed by atoms with Gasteiger partial charge < -0.3 is 19.7 Å². The number of benzene rings is 1. The van der Waals surface area contributed by atoms with Crippen LogP contribution < -0.4 is 4.74 Å². The van der Waals surface area contributed by atoms with Crippen molar-refractivity contribution in [2.75, 3.05) is 20.2 Å². The number of aromatic nitrogens is 1. The summed E-state index contributed by atoms with van der Waals surface area (Å²) < 4.78 is 5.79. The number of nitrogens with zero attached hydrogens (tertiary/aromatic N) is 1. The van der Waals surface area contributed by atoms with E-state index in [-0.39, 0.29) is 0 Å². The van der Waals surface area contributed by atoms with Crippen molar-refractivity contribution in [1.29, 1.82) is 0 Å². The number of aliphatic hydroxyl groups excluding tert-OH is 1. The van der Waals surface area contributed by atoms with Gasteiger partial charge in [-0.15, -0.1) is 0 Å². The average Bonchev–Trinajstić information content (AvgIpc) is 2.95. The molecule has 2 N–H and O–H groups in total. The first-order chi connectivity index (χ1) is 10.2. The van der Waals surface area contributed by atoms with E-state index in [9.17, 15) is 5.11 Å². The molecule has 2 aromatic rings. The maximum Gasteiger partial charge on any atom is 0.128 e. The lowest BCUT2D eigenvalue weighted by molar-refractivity contribution is 0.0621. The summed E-state index contributed by atoms with van der Waals surface area (Å²) in [5.41, 5.74) is 1.05. The predicted octanol–water partition coefficient (Wildman–Crippen LogP) is 3.03. The number of aliphatic hydroxyl groups is 1. The molecule has 0 fully saturated rings. The monoisotopic (exact) mass is 290 g/mol. The van der Waals surface area contributed by atoms with Gasteiger partial charge in [0.1, 0.15) is 18.5 Å². The number of likely N-dealkylation sites (N-methyl/N-ethyl adjacent to an activating group) is 1. The van der Waals surface area contributed by atoms with Gasteiger partial charge in [-0.3, -0.25) is 0 Å². The number of nitrogens with one attached hydrogen (secondary N) is 1. The van der Waals surface area contributed by atoms with Crippen molar-refractivity contribution in [3.8, 4) is 5.75 Å². The highest BCUT2D eigenvalue weighted by Crippen LogP contribution is 2.24. The number of rotatable bonds is 8. The fourth-order valence-electron chi connectivity index (χ4n) is 2.81. The normalized spacial score (nSPS) is 13.2. The number of H-pyrrole nitrogens is 1. The van der Waals surface area contributed by atoms with Crippen LogP contribution in [0.5, 0.6) is 5.75 Å². The van der Waals surface area contributed by atoms with E-state index in [2.05, 4.69) is 30.8 Å². The van der Waals surface area contributed by atoms with Gasteiger partial charge in [-0.25, -0.2) is 0 Å². The van der Waals surface area contributed by atoms with Crippen molar-refractivity contribution in [2.24, 2.45) is 0 Å². The first kappa shape index (κ1) is 15.9.